The maximum Gasteiger partial charge on any atom is 0.410 e. The quantitative estimate of drug-likeness (QED) is 0.433. The molecule has 1 aromatic carbocycles. The van der Waals surface area contributed by atoms with Gasteiger partial charge in [-0.1, -0.05) is 25.5 Å². The van der Waals surface area contributed by atoms with Crippen LogP contribution in [0, 0.1) is 5.82 Å². The van der Waals surface area contributed by atoms with Gasteiger partial charge in [0.05, 0.1) is 6.61 Å². The Bertz CT molecular complexity index is 1070. The summed E-state index contributed by atoms with van der Waals surface area (Å²) in [6.45, 7) is 7.57. The summed E-state index contributed by atoms with van der Waals surface area (Å²) < 4.78 is 24.2. The number of aromatic amines is 1. The number of benzene rings is 1. The molecular weight excluding hydrogens is 459 g/mol. The number of H-pyrrole nitrogens is 1. The molecule has 0 spiro atoms. The molecule has 35 heavy (non-hydrogen) atoms. The summed E-state index contributed by atoms with van der Waals surface area (Å²) in [6, 6.07) is 4.58. The Hall–Kier alpha value is -3.47. The number of nitrogens with one attached hydrogen (secondary N) is 2. The molecule has 0 unspecified atom stereocenters. The predicted molar refractivity (Wildman–Crippen MR) is 127 cm³/mol. The molecule has 1 atom stereocenters. The summed E-state index contributed by atoms with van der Waals surface area (Å²) in [7, 11) is 1.46. The Morgan fingerprint density at radius 3 is 2.51 bits per heavy atom. The highest BCUT2D eigenvalue weighted by atomic mass is 19.1. The first-order valence-electron chi connectivity index (χ1n) is 11.3. The van der Waals surface area contributed by atoms with Gasteiger partial charge in [0.2, 0.25) is 5.75 Å². The number of amides is 2. The van der Waals surface area contributed by atoms with Gasteiger partial charge in [-0.05, 0) is 44.9 Å². The summed E-state index contributed by atoms with van der Waals surface area (Å²) in [5, 5.41) is 12.7. The van der Waals surface area contributed by atoms with Gasteiger partial charge in [0.1, 0.15) is 23.3 Å². The molecule has 1 heterocycles. The Labute approximate surface area is 203 Å². The first-order valence-corrected chi connectivity index (χ1v) is 11.3. The van der Waals surface area contributed by atoms with Crippen molar-refractivity contribution in [2.75, 3.05) is 20.3 Å². The second-order valence-electron chi connectivity index (χ2n) is 8.99. The van der Waals surface area contributed by atoms with Crippen LogP contribution in [0.5, 0.6) is 5.75 Å². The monoisotopic (exact) mass is 492 g/mol. The smallest absolute Gasteiger partial charge is 0.410 e. The Balaban J connectivity index is 2.32. The van der Waals surface area contributed by atoms with Crippen molar-refractivity contribution in [1.82, 2.24) is 20.2 Å². The van der Waals surface area contributed by atoms with Crippen LogP contribution in [0.3, 0.4) is 0 Å². The van der Waals surface area contributed by atoms with Crippen molar-refractivity contribution in [2.45, 2.75) is 58.7 Å². The molecule has 0 aliphatic heterocycles. The van der Waals surface area contributed by atoms with Crippen LogP contribution in [-0.4, -0.2) is 57.8 Å². The molecule has 0 fully saturated rings. The number of aromatic hydroxyl groups is 1. The van der Waals surface area contributed by atoms with Crippen molar-refractivity contribution in [3.8, 4) is 5.75 Å². The molecule has 2 aromatic rings. The van der Waals surface area contributed by atoms with E-state index in [0.29, 0.717) is 12.2 Å². The fraction of sp³-hybridized carbons (Fsp3) is 0.500. The van der Waals surface area contributed by atoms with Crippen molar-refractivity contribution in [2.24, 2.45) is 0 Å². The van der Waals surface area contributed by atoms with Gasteiger partial charge in [0.15, 0.2) is 5.69 Å². The highest BCUT2D eigenvalue weighted by Gasteiger charge is 2.30. The van der Waals surface area contributed by atoms with Crippen LogP contribution < -0.4 is 10.9 Å². The minimum atomic E-state index is -0.946. The van der Waals surface area contributed by atoms with Crippen LogP contribution in [0.1, 0.15) is 68.5 Å². The zero-order valence-electron chi connectivity index (χ0n) is 20.7. The topological polar surface area (TPSA) is 134 Å². The number of rotatable bonds is 10. The number of hydrogen-bond donors (Lipinski definition) is 3. The van der Waals surface area contributed by atoms with Gasteiger partial charge < -0.3 is 24.9 Å². The number of hydrogen-bond acceptors (Lipinski definition) is 7. The van der Waals surface area contributed by atoms with Crippen LogP contribution in [0.25, 0.3) is 0 Å². The molecule has 2 rings (SSSR count). The molecule has 3 N–H and O–H groups in total. The van der Waals surface area contributed by atoms with Crippen molar-refractivity contribution < 1.29 is 28.6 Å². The third-order valence-corrected chi connectivity index (χ3v) is 4.88. The van der Waals surface area contributed by atoms with Crippen LogP contribution in [0.4, 0.5) is 9.18 Å². The number of nitrogens with zero attached hydrogens (tertiary/aromatic N) is 2. The number of ether oxygens (including phenoxy) is 2. The van der Waals surface area contributed by atoms with E-state index < -0.39 is 46.5 Å². The third kappa shape index (κ3) is 8.36. The first-order chi connectivity index (χ1) is 16.4. The molecule has 2 amide bonds. The number of unbranched alkanes of at least 4 members (excludes halogenated alkanes) is 1. The van der Waals surface area contributed by atoms with Crippen LogP contribution >= 0.6 is 0 Å². The molecule has 0 aliphatic carbocycles. The maximum absolute atomic E-state index is 13.1. The maximum atomic E-state index is 13.1. The summed E-state index contributed by atoms with van der Waals surface area (Å²) >= 11 is 0. The van der Waals surface area contributed by atoms with E-state index in [0.717, 1.165) is 12.8 Å². The van der Waals surface area contributed by atoms with Gasteiger partial charge in [-0.25, -0.2) is 14.2 Å². The summed E-state index contributed by atoms with van der Waals surface area (Å²) in [6.07, 6.45) is 1.01. The van der Waals surface area contributed by atoms with Gasteiger partial charge in [0.25, 0.3) is 11.5 Å². The van der Waals surface area contributed by atoms with Gasteiger partial charge in [-0.3, -0.25) is 14.5 Å². The van der Waals surface area contributed by atoms with E-state index in [4.69, 9.17) is 9.47 Å². The second kappa shape index (κ2) is 12.3. The number of aromatic nitrogens is 2. The van der Waals surface area contributed by atoms with Gasteiger partial charge in [-0.15, -0.1) is 0 Å². The van der Waals surface area contributed by atoms with Crippen molar-refractivity contribution in [1.29, 1.82) is 0 Å². The predicted octanol–water partition coefficient (Wildman–Crippen LogP) is 3.27. The fourth-order valence-corrected chi connectivity index (χ4v) is 2.95. The van der Waals surface area contributed by atoms with Gasteiger partial charge in [-0.2, -0.15) is 0 Å². The van der Waals surface area contributed by atoms with Crippen LogP contribution in [-0.2, 0) is 16.0 Å². The molecule has 11 heteroatoms. The normalized spacial score (nSPS) is 12.2. The van der Waals surface area contributed by atoms with Gasteiger partial charge in [0, 0.05) is 20.2 Å². The second-order valence-corrected chi connectivity index (χ2v) is 8.99. The highest BCUT2D eigenvalue weighted by molar-refractivity contribution is 5.94. The standard InChI is InChI=1S/C24H33FN4O6/c1-6-7-12-34-14-17(29(5)23(33)35-24(2,3)4)20-27-18(19(30)22(32)28-20)21(31)26-13-15-8-10-16(25)11-9-15/h8-11,17,30H,6-7,12-14H2,1-5H3,(H,26,31)(H,27,28,32)/t17-/m0/s1. The Morgan fingerprint density at radius 1 is 1.26 bits per heavy atom. The molecular formula is C24H33FN4O6. The lowest BCUT2D eigenvalue weighted by atomic mass is 10.2. The molecule has 0 bridgehead atoms. The van der Waals surface area contributed by atoms with E-state index in [-0.39, 0.29) is 19.0 Å². The first kappa shape index (κ1) is 27.8. The SMILES string of the molecule is CCCCOC[C@@H](c1nc(C(=O)NCc2ccc(F)cc2)c(O)c(=O)[nH]1)N(C)C(=O)OC(C)(C)C. The zero-order chi connectivity index (χ0) is 26.2. The summed E-state index contributed by atoms with van der Waals surface area (Å²) in [5.74, 6) is -2.15. The average molecular weight is 493 g/mol. The molecule has 192 valence electrons. The van der Waals surface area contributed by atoms with E-state index in [1.165, 1.54) is 36.2 Å². The Kier molecular flexibility index (Phi) is 9.76. The number of halogens is 1. The fourth-order valence-electron chi connectivity index (χ4n) is 2.95. The number of carbonyl (C=O) groups is 2. The molecule has 10 nitrogen and oxygen atoms in total. The van der Waals surface area contributed by atoms with Crippen molar-refractivity contribution >= 4 is 12.0 Å². The molecule has 0 aliphatic rings. The lowest BCUT2D eigenvalue weighted by molar-refractivity contribution is 0.00604. The molecule has 1 aromatic heterocycles. The van der Waals surface area contributed by atoms with Crippen molar-refractivity contribution in [3.63, 3.8) is 0 Å². The van der Waals surface area contributed by atoms with Crippen LogP contribution in [0.15, 0.2) is 29.1 Å². The minimum absolute atomic E-state index is 0.0176. The lowest BCUT2D eigenvalue weighted by Crippen LogP contribution is -2.40. The third-order valence-electron chi connectivity index (χ3n) is 4.88. The number of likely N-dealkylation sites (N-methyl/N-ethyl adjacent to an activating group) is 1. The number of carbonyl (C=O) groups excluding carboxylic acids is 2. The van der Waals surface area contributed by atoms with E-state index in [1.807, 2.05) is 6.92 Å². The summed E-state index contributed by atoms with van der Waals surface area (Å²) in [4.78, 5) is 45.6. The summed E-state index contributed by atoms with van der Waals surface area (Å²) in [5.41, 5.74) is -1.61. The minimum Gasteiger partial charge on any atom is -0.501 e. The van der Waals surface area contributed by atoms with Crippen LogP contribution in [0.2, 0.25) is 0 Å². The van der Waals surface area contributed by atoms with E-state index >= 15 is 0 Å². The lowest BCUT2D eigenvalue weighted by Gasteiger charge is -2.30. The average Bonchev–Trinajstić information content (AvgIpc) is 2.79. The van der Waals surface area contributed by atoms with E-state index in [2.05, 4.69) is 15.3 Å². The zero-order valence-corrected chi connectivity index (χ0v) is 20.7. The molecule has 0 saturated carbocycles. The molecule has 0 saturated heterocycles. The molecule has 0 radical (unpaired) electrons. The largest absolute Gasteiger partial charge is 0.501 e. The Morgan fingerprint density at radius 2 is 1.91 bits per heavy atom. The van der Waals surface area contributed by atoms with E-state index in [1.54, 1.807) is 20.8 Å². The van der Waals surface area contributed by atoms with Gasteiger partial charge >= 0.3 is 6.09 Å². The van der Waals surface area contributed by atoms with E-state index in [9.17, 15) is 23.9 Å². The highest BCUT2D eigenvalue weighted by Crippen LogP contribution is 2.21. The van der Waals surface area contributed by atoms with Crippen molar-refractivity contribution in [3.05, 3.63) is 57.5 Å².